The van der Waals surface area contributed by atoms with Crippen molar-refractivity contribution in [3.05, 3.63) is 29.3 Å². The Labute approximate surface area is 141 Å². The summed E-state index contributed by atoms with van der Waals surface area (Å²) in [5.41, 5.74) is 2.82. The van der Waals surface area contributed by atoms with E-state index in [0.29, 0.717) is 17.9 Å². The summed E-state index contributed by atoms with van der Waals surface area (Å²) < 4.78 is 18.0. The average molecular weight is 333 g/mol. The van der Waals surface area contributed by atoms with Crippen molar-refractivity contribution in [1.82, 2.24) is 4.90 Å². The maximum absolute atomic E-state index is 12.5. The molecule has 2 unspecified atom stereocenters. The van der Waals surface area contributed by atoms with Crippen molar-refractivity contribution in [3.8, 4) is 0 Å². The fourth-order valence-corrected chi connectivity index (χ4v) is 6.11. The van der Waals surface area contributed by atoms with Crippen LogP contribution >= 0.6 is 0 Å². The standard InChI is InChI=1S/C19H27NO2S/c1-20-8-2-3-17(20)11-16-13-23(21)19-5-4-15(12-18(16)19)14-6-9-22-10-7-14/h4-5,12,14,16-17H,2-3,6-11,13H2,1H3/t16?,17-,23?/m1/s1. The topological polar surface area (TPSA) is 29.5 Å². The first-order valence-corrected chi connectivity index (χ1v) is 10.3. The Morgan fingerprint density at radius 2 is 2.09 bits per heavy atom. The molecule has 3 aliphatic heterocycles. The number of hydrogen-bond acceptors (Lipinski definition) is 3. The van der Waals surface area contributed by atoms with Crippen LogP contribution in [0, 0.1) is 0 Å². The normalized spacial score (nSPS) is 32.3. The number of ether oxygens (including phenoxy) is 1. The maximum Gasteiger partial charge on any atom is 0.0538 e. The van der Waals surface area contributed by atoms with Crippen molar-refractivity contribution in [3.63, 3.8) is 0 Å². The van der Waals surface area contributed by atoms with Gasteiger partial charge < -0.3 is 9.64 Å². The molecule has 0 amide bonds. The lowest BCUT2D eigenvalue weighted by Gasteiger charge is -2.25. The molecule has 4 heteroatoms. The third kappa shape index (κ3) is 3.13. The van der Waals surface area contributed by atoms with Crippen LogP contribution in [0.3, 0.4) is 0 Å². The summed E-state index contributed by atoms with van der Waals surface area (Å²) in [4.78, 5) is 3.59. The second-order valence-corrected chi connectivity index (χ2v) is 8.87. The molecule has 2 saturated heterocycles. The van der Waals surface area contributed by atoms with E-state index in [2.05, 4.69) is 30.1 Å². The molecule has 3 atom stereocenters. The number of rotatable bonds is 3. The van der Waals surface area contributed by atoms with Gasteiger partial charge in [0.1, 0.15) is 0 Å². The van der Waals surface area contributed by atoms with E-state index in [9.17, 15) is 4.21 Å². The molecule has 4 rings (SSSR count). The fourth-order valence-electron chi connectivity index (χ4n) is 4.54. The van der Waals surface area contributed by atoms with Crippen molar-refractivity contribution in [2.75, 3.05) is 32.6 Å². The molecule has 1 aromatic rings. The van der Waals surface area contributed by atoms with Gasteiger partial charge in [-0.15, -0.1) is 0 Å². The van der Waals surface area contributed by atoms with Crippen LogP contribution in [-0.2, 0) is 15.5 Å². The first-order valence-electron chi connectivity index (χ1n) is 9.02. The molecule has 0 aliphatic carbocycles. The van der Waals surface area contributed by atoms with Gasteiger partial charge in [0.05, 0.1) is 10.8 Å². The molecule has 0 aromatic heterocycles. The van der Waals surface area contributed by atoms with Gasteiger partial charge in [0.15, 0.2) is 0 Å². The third-order valence-corrected chi connectivity index (χ3v) is 7.56. The molecular weight excluding hydrogens is 306 g/mol. The van der Waals surface area contributed by atoms with Crippen molar-refractivity contribution in [2.24, 2.45) is 0 Å². The molecule has 3 heterocycles. The van der Waals surface area contributed by atoms with Crippen molar-refractivity contribution in [2.45, 2.75) is 54.9 Å². The Morgan fingerprint density at radius 3 is 2.83 bits per heavy atom. The first-order chi connectivity index (χ1) is 11.2. The molecule has 3 nitrogen and oxygen atoms in total. The van der Waals surface area contributed by atoms with Crippen LogP contribution in [0.5, 0.6) is 0 Å². The Morgan fingerprint density at radius 1 is 1.26 bits per heavy atom. The van der Waals surface area contributed by atoms with Gasteiger partial charge >= 0.3 is 0 Å². The molecule has 0 saturated carbocycles. The Hall–Kier alpha value is -0.710. The zero-order valence-electron chi connectivity index (χ0n) is 14.0. The summed E-state index contributed by atoms with van der Waals surface area (Å²) >= 11 is 0. The second kappa shape index (κ2) is 6.66. The third-order valence-electron chi connectivity index (χ3n) is 5.99. The molecule has 0 radical (unpaired) electrons. The van der Waals surface area contributed by atoms with Crippen LogP contribution in [0.4, 0.5) is 0 Å². The lowest BCUT2D eigenvalue weighted by atomic mass is 9.87. The van der Waals surface area contributed by atoms with Crippen LogP contribution in [0.15, 0.2) is 23.1 Å². The van der Waals surface area contributed by atoms with Crippen LogP contribution in [0.2, 0.25) is 0 Å². The number of likely N-dealkylation sites (tertiary alicyclic amines) is 1. The predicted octanol–water partition coefficient (Wildman–Crippen LogP) is 3.27. The van der Waals surface area contributed by atoms with E-state index < -0.39 is 10.8 Å². The Kier molecular flexibility index (Phi) is 4.57. The van der Waals surface area contributed by atoms with Gasteiger partial charge in [0.2, 0.25) is 0 Å². The van der Waals surface area contributed by atoms with Gasteiger partial charge in [-0.1, -0.05) is 12.1 Å². The number of benzene rings is 1. The number of nitrogens with zero attached hydrogens (tertiary/aromatic N) is 1. The Balaban J connectivity index is 1.57. The molecule has 126 valence electrons. The van der Waals surface area contributed by atoms with E-state index in [1.54, 1.807) is 0 Å². The van der Waals surface area contributed by atoms with E-state index in [1.165, 1.54) is 36.9 Å². The largest absolute Gasteiger partial charge is 0.381 e. The second-order valence-electron chi connectivity index (χ2n) is 7.41. The van der Waals surface area contributed by atoms with E-state index in [0.717, 1.165) is 36.7 Å². The zero-order chi connectivity index (χ0) is 15.8. The maximum atomic E-state index is 12.5. The zero-order valence-corrected chi connectivity index (χ0v) is 14.8. The first kappa shape index (κ1) is 15.8. The summed E-state index contributed by atoms with van der Waals surface area (Å²) in [5, 5.41) is 0. The number of hydrogen-bond donors (Lipinski definition) is 0. The molecular formula is C19H27NO2S. The molecule has 23 heavy (non-hydrogen) atoms. The van der Waals surface area contributed by atoms with Crippen molar-refractivity contribution >= 4 is 10.8 Å². The van der Waals surface area contributed by atoms with Gasteiger partial charge in [-0.05, 0) is 74.7 Å². The smallest absolute Gasteiger partial charge is 0.0538 e. The fraction of sp³-hybridized carbons (Fsp3) is 0.684. The highest BCUT2D eigenvalue weighted by Gasteiger charge is 2.33. The predicted molar refractivity (Wildman–Crippen MR) is 93.5 cm³/mol. The van der Waals surface area contributed by atoms with Gasteiger partial charge in [0.25, 0.3) is 0 Å². The summed E-state index contributed by atoms with van der Waals surface area (Å²) in [6.45, 7) is 2.98. The molecule has 3 aliphatic rings. The van der Waals surface area contributed by atoms with Crippen LogP contribution in [0.1, 0.15) is 55.1 Å². The minimum absolute atomic E-state index is 0.483. The van der Waals surface area contributed by atoms with Crippen LogP contribution in [0.25, 0.3) is 0 Å². The molecule has 0 bridgehead atoms. The van der Waals surface area contributed by atoms with Gasteiger partial charge in [-0.3, -0.25) is 4.21 Å². The molecule has 1 aromatic carbocycles. The molecule has 0 spiro atoms. The highest BCUT2D eigenvalue weighted by molar-refractivity contribution is 7.85. The monoisotopic (exact) mass is 333 g/mol. The lowest BCUT2D eigenvalue weighted by Crippen LogP contribution is -2.27. The van der Waals surface area contributed by atoms with Crippen LogP contribution in [-0.4, -0.2) is 47.7 Å². The van der Waals surface area contributed by atoms with Gasteiger partial charge in [-0.2, -0.15) is 0 Å². The SMILES string of the molecule is CN1CCC[C@@H]1CC1CS(=O)c2ccc(C3CCOCC3)cc21. The molecule has 2 fully saturated rings. The summed E-state index contributed by atoms with van der Waals surface area (Å²) in [7, 11) is 1.44. The van der Waals surface area contributed by atoms with Crippen LogP contribution < -0.4 is 0 Å². The van der Waals surface area contributed by atoms with Crippen molar-refractivity contribution < 1.29 is 8.95 Å². The lowest BCUT2D eigenvalue weighted by molar-refractivity contribution is 0.0853. The molecule has 0 N–H and O–H groups in total. The minimum Gasteiger partial charge on any atom is -0.381 e. The minimum atomic E-state index is -0.795. The number of fused-ring (bicyclic) bond motifs is 1. The highest BCUT2D eigenvalue weighted by Crippen LogP contribution is 2.40. The van der Waals surface area contributed by atoms with E-state index in [-0.39, 0.29) is 0 Å². The van der Waals surface area contributed by atoms with Gasteiger partial charge in [0, 0.05) is 29.9 Å². The summed E-state index contributed by atoms with van der Waals surface area (Å²) in [6.07, 6.45) is 6.03. The average Bonchev–Trinajstić information content (AvgIpc) is 3.12. The Bertz CT molecular complexity index is 597. The van der Waals surface area contributed by atoms with E-state index >= 15 is 0 Å². The van der Waals surface area contributed by atoms with Crippen molar-refractivity contribution in [1.29, 1.82) is 0 Å². The quantitative estimate of drug-likeness (QED) is 0.850. The van der Waals surface area contributed by atoms with Gasteiger partial charge in [-0.25, -0.2) is 0 Å². The highest BCUT2D eigenvalue weighted by atomic mass is 32.2. The summed E-state index contributed by atoms with van der Waals surface area (Å²) in [5.74, 6) is 1.94. The van der Waals surface area contributed by atoms with E-state index in [1.807, 2.05) is 0 Å². The summed E-state index contributed by atoms with van der Waals surface area (Å²) in [6, 6.07) is 7.43. The van der Waals surface area contributed by atoms with E-state index in [4.69, 9.17) is 4.74 Å².